The van der Waals surface area contributed by atoms with Gasteiger partial charge in [-0.25, -0.2) is 4.98 Å². The quantitative estimate of drug-likeness (QED) is 0.444. The van der Waals surface area contributed by atoms with Crippen LogP contribution in [0.2, 0.25) is 0 Å². The zero-order valence-corrected chi connectivity index (χ0v) is 17.4. The molecule has 1 atom stereocenters. The van der Waals surface area contributed by atoms with Crippen molar-refractivity contribution in [2.75, 3.05) is 11.9 Å². The Morgan fingerprint density at radius 1 is 1.00 bits per heavy atom. The number of amides is 1. The van der Waals surface area contributed by atoms with Crippen molar-refractivity contribution in [3.05, 3.63) is 95.0 Å². The molecule has 0 radical (unpaired) electrons. The first-order valence-electron chi connectivity index (χ1n) is 10.3. The fourth-order valence-corrected chi connectivity index (χ4v) is 5.19. The molecule has 1 amide bonds. The van der Waals surface area contributed by atoms with Gasteiger partial charge >= 0.3 is 0 Å². The highest BCUT2D eigenvalue weighted by atomic mass is 32.1. The number of nitrogens with one attached hydrogen (secondary N) is 1. The summed E-state index contributed by atoms with van der Waals surface area (Å²) in [5, 5.41) is 4.15. The van der Waals surface area contributed by atoms with Crippen molar-refractivity contribution in [3.8, 4) is 0 Å². The van der Waals surface area contributed by atoms with Crippen molar-refractivity contribution in [1.82, 2.24) is 9.88 Å². The van der Waals surface area contributed by atoms with Gasteiger partial charge in [-0.3, -0.25) is 9.69 Å². The molecule has 1 aliphatic heterocycles. The minimum atomic E-state index is -0.0822. The van der Waals surface area contributed by atoms with Gasteiger partial charge in [-0.15, -0.1) is 11.3 Å². The van der Waals surface area contributed by atoms with Crippen LogP contribution >= 0.6 is 11.3 Å². The molecule has 1 aliphatic rings. The maximum absolute atomic E-state index is 12.5. The third-order valence-electron chi connectivity index (χ3n) is 5.59. The van der Waals surface area contributed by atoms with Crippen LogP contribution in [0.4, 0.5) is 5.69 Å². The number of anilines is 1. The Bertz CT molecular complexity index is 1120. The van der Waals surface area contributed by atoms with Crippen LogP contribution in [0.3, 0.4) is 0 Å². The lowest BCUT2D eigenvalue weighted by Crippen LogP contribution is -2.22. The lowest BCUT2D eigenvalue weighted by Gasteiger charge is -2.22. The maximum Gasteiger partial charge on any atom is 0.255 e. The molecule has 4 aromatic rings. The Morgan fingerprint density at radius 3 is 2.57 bits per heavy atom. The minimum absolute atomic E-state index is 0.0822. The standard InChI is InChI=1S/C25H23N3OS/c29-24(26-20-7-2-1-3-8-20)19-14-12-18(13-15-19)17-28-16-6-10-22(28)25-27-21-9-4-5-11-23(21)30-25/h1-5,7-9,11-15,22H,6,10,16-17H2,(H,26,29). The Hall–Kier alpha value is -3.02. The van der Waals surface area contributed by atoms with Gasteiger partial charge < -0.3 is 5.32 Å². The number of carbonyl (C=O) groups excluding carboxylic acids is 1. The van der Waals surface area contributed by atoms with E-state index in [2.05, 4.69) is 40.5 Å². The molecule has 0 spiro atoms. The van der Waals surface area contributed by atoms with Crippen molar-refractivity contribution < 1.29 is 4.79 Å². The summed E-state index contributed by atoms with van der Waals surface area (Å²) in [6.45, 7) is 1.96. The largest absolute Gasteiger partial charge is 0.322 e. The first-order valence-corrected chi connectivity index (χ1v) is 11.1. The summed E-state index contributed by atoms with van der Waals surface area (Å²) in [7, 11) is 0. The third kappa shape index (κ3) is 3.99. The number of likely N-dealkylation sites (tertiary alicyclic amines) is 1. The van der Waals surface area contributed by atoms with Gasteiger partial charge in [0.1, 0.15) is 5.01 Å². The Balaban J connectivity index is 1.27. The molecule has 1 aromatic heterocycles. The van der Waals surface area contributed by atoms with Gasteiger partial charge in [-0.1, -0.05) is 42.5 Å². The molecule has 5 rings (SSSR count). The third-order valence-corrected chi connectivity index (χ3v) is 6.73. The molecule has 1 fully saturated rings. The summed E-state index contributed by atoms with van der Waals surface area (Å²) in [5.41, 5.74) is 3.80. The highest BCUT2D eigenvalue weighted by molar-refractivity contribution is 7.18. The van der Waals surface area contributed by atoms with Crippen LogP contribution < -0.4 is 5.32 Å². The molecule has 2 heterocycles. The smallest absolute Gasteiger partial charge is 0.255 e. The SMILES string of the molecule is O=C(Nc1ccccc1)c1ccc(CN2CCCC2c2nc3ccccc3s2)cc1. The van der Waals surface area contributed by atoms with Crippen molar-refractivity contribution >= 4 is 33.1 Å². The molecular formula is C25H23N3OS. The van der Waals surface area contributed by atoms with E-state index in [1.807, 2.05) is 59.9 Å². The summed E-state index contributed by atoms with van der Waals surface area (Å²) in [4.78, 5) is 19.9. The number of rotatable bonds is 5. The van der Waals surface area contributed by atoms with Gasteiger partial charge in [0.2, 0.25) is 0 Å². The molecule has 150 valence electrons. The van der Waals surface area contributed by atoms with Crippen molar-refractivity contribution in [2.24, 2.45) is 0 Å². The second-order valence-corrected chi connectivity index (χ2v) is 8.73. The number of fused-ring (bicyclic) bond motifs is 1. The van der Waals surface area contributed by atoms with Crippen molar-refractivity contribution in [3.63, 3.8) is 0 Å². The maximum atomic E-state index is 12.5. The van der Waals surface area contributed by atoms with Crippen molar-refractivity contribution in [2.45, 2.75) is 25.4 Å². The summed E-state index contributed by atoms with van der Waals surface area (Å²) in [5.74, 6) is -0.0822. The molecule has 0 bridgehead atoms. The molecule has 0 saturated carbocycles. The van der Waals surface area contributed by atoms with E-state index in [0.29, 0.717) is 11.6 Å². The number of carbonyl (C=O) groups is 1. The lowest BCUT2D eigenvalue weighted by molar-refractivity contribution is 0.102. The van der Waals surface area contributed by atoms with E-state index in [9.17, 15) is 4.79 Å². The molecule has 4 nitrogen and oxygen atoms in total. The predicted molar refractivity (Wildman–Crippen MR) is 123 cm³/mol. The molecule has 1 unspecified atom stereocenters. The van der Waals surface area contributed by atoms with E-state index in [0.717, 1.165) is 30.7 Å². The van der Waals surface area contributed by atoms with Gasteiger partial charge in [-0.2, -0.15) is 0 Å². The number of aromatic nitrogens is 1. The van der Waals surface area contributed by atoms with Crippen LogP contribution in [-0.2, 0) is 6.54 Å². The van der Waals surface area contributed by atoms with E-state index in [4.69, 9.17) is 4.98 Å². The van der Waals surface area contributed by atoms with E-state index in [1.165, 1.54) is 21.7 Å². The minimum Gasteiger partial charge on any atom is -0.322 e. The number of hydrogen-bond acceptors (Lipinski definition) is 4. The highest BCUT2D eigenvalue weighted by Crippen LogP contribution is 2.37. The predicted octanol–water partition coefficient (Wildman–Crippen LogP) is 5.89. The summed E-state index contributed by atoms with van der Waals surface area (Å²) >= 11 is 1.81. The number of nitrogens with zero attached hydrogens (tertiary/aromatic N) is 2. The monoisotopic (exact) mass is 413 g/mol. The van der Waals surface area contributed by atoms with Crippen LogP contribution in [0, 0.1) is 0 Å². The van der Waals surface area contributed by atoms with Gasteiger partial charge in [0.25, 0.3) is 5.91 Å². The van der Waals surface area contributed by atoms with Crippen LogP contribution in [0.1, 0.15) is 39.8 Å². The first kappa shape index (κ1) is 19.0. The average Bonchev–Trinajstić information content (AvgIpc) is 3.41. The molecule has 30 heavy (non-hydrogen) atoms. The average molecular weight is 414 g/mol. The van der Waals surface area contributed by atoms with E-state index in [-0.39, 0.29) is 5.91 Å². The summed E-state index contributed by atoms with van der Waals surface area (Å²) in [6.07, 6.45) is 2.34. The van der Waals surface area contributed by atoms with E-state index >= 15 is 0 Å². The lowest BCUT2D eigenvalue weighted by atomic mass is 10.1. The van der Waals surface area contributed by atoms with Crippen LogP contribution in [0.25, 0.3) is 10.2 Å². The molecular weight excluding hydrogens is 390 g/mol. The Morgan fingerprint density at radius 2 is 1.77 bits per heavy atom. The Labute approximate surface area is 180 Å². The van der Waals surface area contributed by atoms with Gasteiger partial charge in [0.05, 0.1) is 16.3 Å². The zero-order chi connectivity index (χ0) is 20.3. The molecule has 0 aliphatic carbocycles. The second-order valence-electron chi connectivity index (χ2n) is 7.67. The number of para-hydroxylation sites is 2. The summed E-state index contributed by atoms with van der Waals surface area (Å²) in [6, 6.07) is 26.2. The number of benzene rings is 3. The molecule has 1 saturated heterocycles. The van der Waals surface area contributed by atoms with E-state index in [1.54, 1.807) is 0 Å². The topological polar surface area (TPSA) is 45.2 Å². The zero-order valence-electron chi connectivity index (χ0n) is 16.6. The summed E-state index contributed by atoms with van der Waals surface area (Å²) < 4.78 is 1.26. The van der Waals surface area contributed by atoms with Gasteiger partial charge in [0, 0.05) is 17.8 Å². The van der Waals surface area contributed by atoms with Crippen LogP contribution in [0.15, 0.2) is 78.9 Å². The first-order chi connectivity index (χ1) is 14.8. The van der Waals surface area contributed by atoms with Crippen LogP contribution in [0.5, 0.6) is 0 Å². The fraction of sp³-hybridized carbons (Fsp3) is 0.200. The molecule has 5 heteroatoms. The van der Waals surface area contributed by atoms with E-state index < -0.39 is 0 Å². The van der Waals surface area contributed by atoms with Gasteiger partial charge in [-0.05, 0) is 61.3 Å². The normalized spacial score (nSPS) is 16.7. The Kier molecular flexibility index (Phi) is 5.30. The molecule has 3 aromatic carbocycles. The van der Waals surface area contributed by atoms with Crippen LogP contribution in [-0.4, -0.2) is 22.3 Å². The van der Waals surface area contributed by atoms with Gasteiger partial charge in [0.15, 0.2) is 0 Å². The number of hydrogen-bond donors (Lipinski definition) is 1. The number of thiazole rings is 1. The van der Waals surface area contributed by atoms with Crippen molar-refractivity contribution in [1.29, 1.82) is 0 Å². The highest BCUT2D eigenvalue weighted by Gasteiger charge is 2.28. The second kappa shape index (κ2) is 8.38. The molecule has 1 N–H and O–H groups in total. The fourth-order valence-electron chi connectivity index (χ4n) is 4.05.